The van der Waals surface area contributed by atoms with Gasteiger partial charge in [-0.15, -0.1) is 11.3 Å². The normalized spacial score (nSPS) is 15.6. The minimum atomic E-state index is -0.354. The molecule has 0 unspecified atom stereocenters. The van der Waals surface area contributed by atoms with E-state index in [0.29, 0.717) is 10.7 Å². The monoisotopic (exact) mass is 374 g/mol. The number of thiocarbonyl (C=S) groups is 1. The van der Waals surface area contributed by atoms with Crippen molar-refractivity contribution in [2.75, 3.05) is 12.4 Å². The lowest BCUT2D eigenvalue weighted by atomic mass is 9.96. The van der Waals surface area contributed by atoms with Crippen molar-refractivity contribution in [3.63, 3.8) is 0 Å². The molecule has 0 spiro atoms. The van der Waals surface area contributed by atoms with Crippen LogP contribution in [0, 0.1) is 6.92 Å². The Kier molecular flexibility index (Phi) is 5.39. The average Bonchev–Trinajstić information content (AvgIpc) is 3.28. The van der Waals surface area contributed by atoms with Crippen molar-refractivity contribution in [1.29, 1.82) is 0 Å². The number of benzene rings is 1. The largest absolute Gasteiger partial charge is 0.465 e. The third-order valence-electron chi connectivity index (χ3n) is 4.71. The molecule has 0 saturated heterocycles. The molecule has 25 heavy (non-hydrogen) atoms. The molecule has 1 fully saturated rings. The van der Waals surface area contributed by atoms with E-state index in [4.69, 9.17) is 17.0 Å². The Labute approximate surface area is 157 Å². The minimum Gasteiger partial charge on any atom is -0.465 e. The molecule has 132 valence electrons. The molecule has 0 atom stereocenters. The highest BCUT2D eigenvalue weighted by Crippen LogP contribution is 2.40. The second-order valence-electron chi connectivity index (χ2n) is 6.37. The minimum absolute atomic E-state index is 0.0773. The van der Waals surface area contributed by atoms with Gasteiger partial charge in [0.05, 0.1) is 18.2 Å². The molecule has 1 saturated carbocycles. The number of ether oxygens (including phenoxy) is 1. The highest BCUT2D eigenvalue weighted by atomic mass is 32.1. The summed E-state index contributed by atoms with van der Waals surface area (Å²) in [6.45, 7) is 1.98. The lowest BCUT2D eigenvalue weighted by molar-refractivity contribution is 0.0601. The first-order valence-electron chi connectivity index (χ1n) is 8.36. The van der Waals surface area contributed by atoms with Gasteiger partial charge < -0.3 is 15.4 Å². The van der Waals surface area contributed by atoms with Gasteiger partial charge in [0.25, 0.3) is 0 Å². The Morgan fingerprint density at radius 1 is 1.28 bits per heavy atom. The van der Waals surface area contributed by atoms with Gasteiger partial charge in [0.15, 0.2) is 5.11 Å². The molecule has 1 aromatic heterocycles. The van der Waals surface area contributed by atoms with Crippen LogP contribution in [0.3, 0.4) is 0 Å². The average molecular weight is 375 g/mol. The molecule has 4 nitrogen and oxygen atoms in total. The van der Waals surface area contributed by atoms with Crippen molar-refractivity contribution in [2.45, 2.75) is 38.1 Å². The molecular weight excluding hydrogens is 352 g/mol. The van der Waals surface area contributed by atoms with Crippen LogP contribution >= 0.6 is 23.6 Å². The summed E-state index contributed by atoms with van der Waals surface area (Å²) in [7, 11) is 1.38. The number of hydrogen-bond acceptors (Lipinski definition) is 4. The van der Waals surface area contributed by atoms with Crippen molar-refractivity contribution in [2.24, 2.45) is 0 Å². The number of rotatable bonds is 4. The maximum Gasteiger partial charge on any atom is 0.337 e. The summed E-state index contributed by atoms with van der Waals surface area (Å²) in [4.78, 5) is 13.1. The second kappa shape index (κ2) is 7.54. The zero-order valence-corrected chi connectivity index (χ0v) is 16.1. The van der Waals surface area contributed by atoms with Crippen molar-refractivity contribution < 1.29 is 9.53 Å². The molecule has 0 radical (unpaired) electrons. The molecule has 1 aliphatic rings. The number of hydrogen-bond donors (Lipinski definition) is 2. The van der Waals surface area contributed by atoms with Crippen LogP contribution < -0.4 is 10.6 Å². The van der Waals surface area contributed by atoms with Gasteiger partial charge in [0.1, 0.15) is 0 Å². The van der Waals surface area contributed by atoms with Crippen molar-refractivity contribution in [3.8, 4) is 0 Å². The van der Waals surface area contributed by atoms with Crippen LogP contribution in [0.5, 0.6) is 0 Å². The van der Waals surface area contributed by atoms with Gasteiger partial charge in [-0.2, -0.15) is 0 Å². The molecule has 0 aliphatic heterocycles. The molecule has 6 heteroatoms. The van der Waals surface area contributed by atoms with E-state index in [1.54, 1.807) is 23.5 Å². The molecule has 0 bridgehead atoms. The van der Waals surface area contributed by atoms with E-state index in [9.17, 15) is 4.79 Å². The number of methoxy groups -OCH3 is 1. The fraction of sp³-hybridized carbons (Fsp3) is 0.368. The SMILES string of the molecule is COC(=O)c1ccc(C)c(NC(=S)NC2(c3cccs3)CCCC2)c1. The first kappa shape index (κ1) is 17.9. The summed E-state index contributed by atoms with van der Waals surface area (Å²) >= 11 is 7.35. The Bertz CT molecular complexity index is 766. The second-order valence-corrected chi connectivity index (χ2v) is 7.72. The lowest BCUT2D eigenvalue weighted by Gasteiger charge is -2.31. The zero-order chi connectivity index (χ0) is 17.9. The summed E-state index contributed by atoms with van der Waals surface area (Å²) < 4.78 is 4.79. The first-order chi connectivity index (χ1) is 12.0. The van der Waals surface area contributed by atoms with Gasteiger partial charge in [-0.05, 0) is 61.1 Å². The van der Waals surface area contributed by atoms with Crippen molar-refractivity contribution in [1.82, 2.24) is 5.32 Å². The van der Waals surface area contributed by atoms with Crippen LogP contribution in [0.25, 0.3) is 0 Å². The summed E-state index contributed by atoms with van der Waals surface area (Å²) in [6.07, 6.45) is 4.56. The molecule has 1 aliphatic carbocycles. The van der Waals surface area contributed by atoms with E-state index >= 15 is 0 Å². The summed E-state index contributed by atoms with van der Waals surface area (Å²) in [5.74, 6) is -0.354. The van der Waals surface area contributed by atoms with Gasteiger partial charge in [0, 0.05) is 10.6 Å². The van der Waals surface area contributed by atoms with E-state index in [0.717, 1.165) is 24.1 Å². The van der Waals surface area contributed by atoms with E-state index < -0.39 is 0 Å². The molecule has 2 N–H and O–H groups in total. The van der Waals surface area contributed by atoms with Crippen LogP contribution in [0.2, 0.25) is 0 Å². The van der Waals surface area contributed by atoms with Crippen LogP contribution in [0.1, 0.15) is 46.5 Å². The Balaban J connectivity index is 1.77. The quantitative estimate of drug-likeness (QED) is 0.605. The summed E-state index contributed by atoms with van der Waals surface area (Å²) in [5, 5.41) is 9.50. The smallest absolute Gasteiger partial charge is 0.337 e. The zero-order valence-electron chi connectivity index (χ0n) is 14.4. The fourth-order valence-electron chi connectivity index (χ4n) is 3.33. The van der Waals surface area contributed by atoms with Crippen LogP contribution in [-0.2, 0) is 10.3 Å². The molecular formula is C19H22N2O2S2. The standard InChI is InChI=1S/C19H22N2O2S2/c1-13-7-8-14(17(22)23-2)12-15(13)20-18(24)21-19(9-3-4-10-19)16-6-5-11-25-16/h5-8,11-12H,3-4,9-10H2,1-2H3,(H2,20,21,24). The van der Waals surface area contributed by atoms with Gasteiger partial charge in [-0.25, -0.2) is 4.79 Å². The highest BCUT2D eigenvalue weighted by Gasteiger charge is 2.37. The van der Waals surface area contributed by atoms with Gasteiger partial charge in [-0.3, -0.25) is 0 Å². The fourth-order valence-corrected chi connectivity index (χ4v) is 4.58. The predicted molar refractivity (Wildman–Crippen MR) is 106 cm³/mol. The van der Waals surface area contributed by atoms with Crippen LogP contribution in [-0.4, -0.2) is 18.2 Å². The topological polar surface area (TPSA) is 50.4 Å². The van der Waals surface area contributed by atoms with Gasteiger partial charge >= 0.3 is 5.97 Å². The van der Waals surface area contributed by atoms with Crippen LogP contribution in [0.4, 0.5) is 5.69 Å². The number of anilines is 1. The van der Waals surface area contributed by atoms with Crippen LogP contribution in [0.15, 0.2) is 35.7 Å². The molecule has 2 aromatic rings. The van der Waals surface area contributed by atoms with E-state index in [1.165, 1.54) is 24.8 Å². The maximum atomic E-state index is 11.8. The molecule has 3 rings (SSSR count). The molecule has 0 amide bonds. The Hall–Kier alpha value is -1.92. The number of thiophene rings is 1. The molecule has 1 aromatic carbocycles. The first-order valence-corrected chi connectivity index (χ1v) is 9.65. The number of carbonyl (C=O) groups is 1. The van der Waals surface area contributed by atoms with Crippen molar-refractivity contribution >= 4 is 40.3 Å². The number of esters is 1. The number of nitrogens with one attached hydrogen (secondary N) is 2. The summed E-state index contributed by atoms with van der Waals surface area (Å²) in [5.41, 5.74) is 2.27. The van der Waals surface area contributed by atoms with Gasteiger partial charge in [0.2, 0.25) is 0 Å². The third kappa shape index (κ3) is 3.85. The Morgan fingerprint density at radius 3 is 2.68 bits per heavy atom. The van der Waals surface area contributed by atoms with E-state index in [1.807, 2.05) is 13.0 Å². The van der Waals surface area contributed by atoms with E-state index in [2.05, 4.69) is 28.1 Å². The number of aryl methyl sites for hydroxylation is 1. The van der Waals surface area contributed by atoms with E-state index in [-0.39, 0.29) is 11.5 Å². The highest BCUT2D eigenvalue weighted by molar-refractivity contribution is 7.80. The Morgan fingerprint density at radius 2 is 2.04 bits per heavy atom. The predicted octanol–water partition coefficient (Wildman–Crippen LogP) is 4.60. The molecule has 1 heterocycles. The third-order valence-corrected chi connectivity index (χ3v) is 5.99. The van der Waals surface area contributed by atoms with Crippen molar-refractivity contribution in [3.05, 3.63) is 51.7 Å². The summed E-state index contributed by atoms with van der Waals surface area (Å²) in [6, 6.07) is 9.69. The maximum absolute atomic E-state index is 11.8. The number of carbonyl (C=O) groups excluding carboxylic acids is 1. The lowest BCUT2D eigenvalue weighted by Crippen LogP contribution is -2.45. The van der Waals surface area contributed by atoms with Gasteiger partial charge in [-0.1, -0.05) is 25.0 Å².